The Morgan fingerprint density at radius 1 is 0.978 bits per heavy atom. The van der Waals surface area contributed by atoms with E-state index in [1.165, 1.54) is 0 Å². The fraction of sp³-hybridized carbons (Fsp3) is 0.382. The smallest absolute Gasteiger partial charge is 0.410 e. The van der Waals surface area contributed by atoms with Crippen LogP contribution in [0.4, 0.5) is 21.1 Å². The van der Waals surface area contributed by atoms with Gasteiger partial charge in [0.15, 0.2) is 6.10 Å². The van der Waals surface area contributed by atoms with Gasteiger partial charge in [-0.25, -0.2) is 14.6 Å². The fourth-order valence-corrected chi connectivity index (χ4v) is 6.80. The van der Waals surface area contributed by atoms with Crippen molar-refractivity contribution in [1.29, 1.82) is 0 Å². The zero-order valence-electron chi connectivity index (χ0n) is 25.9. The number of nitrogens with one attached hydrogen (secondary N) is 2. The van der Waals surface area contributed by atoms with E-state index in [2.05, 4.69) is 25.4 Å². The van der Waals surface area contributed by atoms with E-state index in [1.807, 2.05) is 66.4 Å². The Hall–Kier alpha value is -5.13. The number of aromatic nitrogens is 3. The Morgan fingerprint density at radius 2 is 1.76 bits per heavy atom. The third-order valence-corrected chi connectivity index (χ3v) is 9.33. The molecule has 0 aliphatic carbocycles. The van der Waals surface area contributed by atoms with Crippen LogP contribution in [-0.4, -0.2) is 99.3 Å². The van der Waals surface area contributed by atoms with Crippen molar-refractivity contribution in [2.24, 2.45) is 0 Å². The quantitative estimate of drug-likeness (QED) is 0.331. The Kier molecular flexibility index (Phi) is 8.17. The molecule has 12 nitrogen and oxygen atoms in total. The first-order chi connectivity index (χ1) is 22.4. The van der Waals surface area contributed by atoms with Crippen LogP contribution in [0.5, 0.6) is 0 Å². The highest BCUT2D eigenvalue weighted by Gasteiger charge is 2.36. The molecule has 2 aromatic heterocycles. The molecule has 0 bridgehead atoms. The molecule has 2 saturated heterocycles. The minimum Gasteiger partial charge on any atom is -0.436 e. The second kappa shape index (κ2) is 12.7. The summed E-state index contributed by atoms with van der Waals surface area (Å²) in [4.78, 5) is 52.3. The highest BCUT2D eigenvalue weighted by Crippen LogP contribution is 2.28. The number of urea groups is 1. The molecule has 46 heavy (non-hydrogen) atoms. The van der Waals surface area contributed by atoms with E-state index < -0.39 is 12.2 Å². The largest absolute Gasteiger partial charge is 0.436 e. The second-order valence-corrected chi connectivity index (χ2v) is 12.3. The van der Waals surface area contributed by atoms with Gasteiger partial charge in [0.05, 0.1) is 11.7 Å². The SMILES string of the molecule is Cc1cc(CC(OC(=O)N2CCC(N3Cc4ccccc4NC3=O)CC2)C(=O)N2CCN(c3ccccn3)CC2)cc2cn[nH]c12. The third kappa shape index (κ3) is 6.07. The molecule has 238 valence electrons. The van der Waals surface area contributed by atoms with Crippen LogP contribution < -0.4 is 10.2 Å². The number of anilines is 2. The number of hydrogen-bond donors (Lipinski definition) is 2. The highest BCUT2D eigenvalue weighted by atomic mass is 16.6. The number of carbonyl (C=O) groups is 3. The van der Waals surface area contributed by atoms with Gasteiger partial charge in [-0.3, -0.25) is 9.89 Å². The molecule has 7 rings (SSSR count). The number of piperazine rings is 1. The topological polar surface area (TPSA) is 127 Å². The van der Waals surface area contributed by atoms with Crippen LogP contribution in [0.15, 0.2) is 67.0 Å². The molecule has 2 aromatic carbocycles. The van der Waals surface area contributed by atoms with Crippen molar-refractivity contribution in [3.63, 3.8) is 0 Å². The van der Waals surface area contributed by atoms with Crippen LogP contribution >= 0.6 is 0 Å². The summed E-state index contributed by atoms with van der Waals surface area (Å²) in [7, 11) is 0. The van der Waals surface area contributed by atoms with Gasteiger partial charge in [0.1, 0.15) is 5.82 Å². The Bertz CT molecular complexity index is 1730. The van der Waals surface area contributed by atoms with Crippen LogP contribution in [0.1, 0.15) is 29.5 Å². The van der Waals surface area contributed by atoms with Crippen molar-refractivity contribution in [2.75, 3.05) is 49.5 Å². The van der Waals surface area contributed by atoms with E-state index in [1.54, 1.807) is 22.2 Å². The van der Waals surface area contributed by atoms with E-state index in [9.17, 15) is 14.4 Å². The number of pyridine rings is 1. The molecular weight excluding hydrogens is 584 g/mol. The minimum absolute atomic E-state index is 0.00916. The maximum absolute atomic E-state index is 14.0. The van der Waals surface area contributed by atoms with Gasteiger partial charge < -0.3 is 29.7 Å². The van der Waals surface area contributed by atoms with Gasteiger partial charge in [0, 0.05) is 75.5 Å². The fourth-order valence-electron chi connectivity index (χ4n) is 6.80. The molecule has 0 radical (unpaired) electrons. The first kappa shape index (κ1) is 29.6. The maximum Gasteiger partial charge on any atom is 0.410 e. The van der Waals surface area contributed by atoms with E-state index in [0.29, 0.717) is 58.7 Å². The number of hydrogen-bond acceptors (Lipinski definition) is 7. The van der Waals surface area contributed by atoms with Crippen LogP contribution in [0.25, 0.3) is 10.9 Å². The summed E-state index contributed by atoms with van der Waals surface area (Å²) in [5.41, 5.74) is 4.79. The molecular formula is C34H38N8O4. The summed E-state index contributed by atoms with van der Waals surface area (Å²) in [5.74, 6) is 0.689. The number of rotatable bonds is 6. The lowest BCUT2D eigenvalue weighted by Gasteiger charge is -2.40. The number of para-hydroxylation sites is 1. The summed E-state index contributed by atoms with van der Waals surface area (Å²) < 4.78 is 6.06. The Labute approximate surface area is 267 Å². The van der Waals surface area contributed by atoms with Crippen LogP contribution in [0.2, 0.25) is 0 Å². The molecule has 4 aromatic rings. The molecule has 1 unspecified atom stereocenters. The minimum atomic E-state index is -0.972. The Balaban J connectivity index is 1.02. The van der Waals surface area contributed by atoms with Gasteiger partial charge in [-0.15, -0.1) is 0 Å². The molecule has 1 atom stereocenters. The lowest BCUT2D eigenvalue weighted by atomic mass is 10.0. The van der Waals surface area contributed by atoms with Crippen LogP contribution in [0.3, 0.4) is 0 Å². The van der Waals surface area contributed by atoms with Crippen molar-refractivity contribution in [3.8, 4) is 0 Å². The second-order valence-electron chi connectivity index (χ2n) is 12.3. The van der Waals surface area contributed by atoms with Crippen molar-refractivity contribution < 1.29 is 19.1 Å². The predicted octanol–water partition coefficient (Wildman–Crippen LogP) is 4.17. The number of aryl methyl sites for hydroxylation is 1. The van der Waals surface area contributed by atoms with Crippen molar-refractivity contribution in [1.82, 2.24) is 29.9 Å². The summed E-state index contributed by atoms with van der Waals surface area (Å²) in [6.07, 6.45) is 3.58. The van der Waals surface area contributed by atoms with Gasteiger partial charge in [0.2, 0.25) is 0 Å². The van der Waals surface area contributed by atoms with Gasteiger partial charge in [-0.1, -0.05) is 30.3 Å². The molecule has 5 heterocycles. The van der Waals surface area contributed by atoms with Gasteiger partial charge in [-0.2, -0.15) is 5.10 Å². The number of aromatic amines is 1. The Morgan fingerprint density at radius 3 is 2.54 bits per heavy atom. The number of H-pyrrole nitrogens is 1. The van der Waals surface area contributed by atoms with Crippen LogP contribution in [-0.2, 0) is 22.5 Å². The molecule has 2 N–H and O–H groups in total. The summed E-state index contributed by atoms with van der Waals surface area (Å²) >= 11 is 0. The molecule has 2 fully saturated rings. The first-order valence-electron chi connectivity index (χ1n) is 15.9. The number of likely N-dealkylation sites (tertiary alicyclic amines) is 1. The lowest BCUT2D eigenvalue weighted by molar-refractivity contribution is -0.141. The summed E-state index contributed by atoms with van der Waals surface area (Å²) in [5, 5.41) is 11.1. The maximum atomic E-state index is 14.0. The highest BCUT2D eigenvalue weighted by molar-refractivity contribution is 5.92. The van der Waals surface area contributed by atoms with Crippen LogP contribution in [0, 0.1) is 6.92 Å². The molecule has 3 aliphatic heterocycles. The van der Waals surface area contributed by atoms with Gasteiger partial charge in [-0.05, 0) is 60.7 Å². The zero-order chi connectivity index (χ0) is 31.6. The number of amides is 4. The predicted molar refractivity (Wildman–Crippen MR) is 173 cm³/mol. The van der Waals surface area contributed by atoms with E-state index in [0.717, 1.165) is 39.1 Å². The summed E-state index contributed by atoms with van der Waals surface area (Å²) in [6, 6.07) is 17.5. The standard InChI is InChI=1S/C34H38N8O4/c1-23-18-24(19-26-21-36-38-31(23)26)20-29(32(43)40-16-14-39(15-17-40)30-8-4-5-11-35-30)46-34(45)41-12-9-27(10-13-41)42-22-25-6-2-3-7-28(25)37-33(42)44/h2-8,11,18-19,21,27,29H,9-10,12-17,20,22H2,1H3,(H,36,38)(H,37,44). The molecule has 0 saturated carbocycles. The normalized spacial score (nSPS) is 17.9. The lowest BCUT2D eigenvalue weighted by Crippen LogP contribution is -2.54. The average molecular weight is 623 g/mol. The molecule has 12 heteroatoms. The monoisotopic (exact) mass is 622 g/mol. The first-order valence-corrected chi connectivity index (χ1v) is 15.9. The van der Waals surface area contributed by atoms with Gasteiger partial charge >= 0.3 is 12.1 Å². The van der Waals surface area contributed by atoms with E-state index in [4.69, 9.17) is 4.74 Å². The number of piperidine rings is 1. The number of carbonyl (C=O) groups excluding carboxylic acids is 3. The van der Waals surface area contributed by atoms with Crippen molar-refractivity contribution in [2.45, 2.75) is 44.9 Å². The average Bonchev–Trinajstić information content (AvgIpc) is 3.57. The van der Waals surface area contributed by atoms with Crippen molar-refractivity contribution in [3.05, 3.63) is 83.7 Å². The molecule has 0 spiro atoms. The molecule has 4 amide bonds. The molecule has 3 aliphatic rings. The van der Waals surface area contributed by atoms with E-state index >= 15 is 0 Å². The number of nitrogens with zero attached hydrogens (tertiary/aromatic N) is 6. The number of ether oxygens (including phenoxy) is 1. The summed E-state index contributed by atoms with van der Waals surface area (Å²) in [6.45, 7) is 5.73. The van der Waals surface area contributed by atoms with E-state index in [-0.39, 0.29) is 24.4 Å². The van der Waals surface area contributed by atoms with Crippen molar-refractivity contribution >= 4 is 40.4 Å². The zero-order valence-corrected chi connectivity index (χ0v) is 25.9. The third-order valence-electron chi connectivity index (χ3n) is 9.33. The van der Waals surface area contributed by atoms with Gasteiger partial charge in [0.25, 0.3) is 5.91 Å². The number of fused-ring (bicyclic) bond motifs is 2. The number of benzene rings is 2.